The monoisotopic (exact) mass is 377 g/mol. The van der Waals surface area contributed by atoms with Crippen molar-refractivity contribution in [3.63, 3.8) is 0 Å². The van der Waals surface area contributed by atoms with Gasteiger partial charge in [-0.25, -0.2) is 0 Å². The maximum absolute atomic E-state index is 12.1. The van der Waals surface area contributed by atoms with Crippen molar-refractivity contribution in [2.75, 3.05) is 31.1 Å². The topological polar surface area (TPSA) is 53.6 Å². The lowest BCUT2D eigenvalue weighted by molar-refractivity contribution is -0.121. The first-order chi connectivity index (χ1) is 12.6. The molecule has 3 atom stereocenters. The SMILES string of the molecule is CC1CN(Cc2ccc(CNC(=O)CC3CSCCN3)cc2)CC(C)O1. The van der Waals surface area contributed by atoms with Crippen LogP contribution in [0.5, 0.6) is 0 Å². The third-order valence-electron chi connectivity index (χ3n) is 4.84. The van der Waals surface area contributed by atoms with Gasteiger partial charge < -0.3 is 15.4 Å². The zero-order valence-corrected chi connectivity index (χ0v) is 16.7. The standard InChI is InChI=1S/C20H31N3O2S/c1-15-11-23(12-16(2)25-15)13-18-5-3-17(4-6-18)10-22-20(24)9-19-14-26-8-7-21-19/h3-6,15-16,19,21H,7-14H2,1-2H3,(H,22,24). The van der Waals surface area contributed by atoms with Gasteiger partial charge in [0, 0.05) is 56.7 Å². The van der Waals surface area contributed by atoms with Gasteiger partial charge in [-0.15, -0.1) is 0 Å². The van der Waals surface area contributed by atoms with Crippen molar-refractivity contribution in [2.24, 2.45) is 0 Å². The molecule has 0 aliphatic carbocycles. The molecular formula is C20H31N3O2S. The van der Waals surface area contributed by atoms with Crippen molar-refractivity contribution >= 4 is 17.7 Å². The third-order valence-corrected chi connectivity index (χ3v) is 5.98. The number of carbonyl (C=O) groups is 1. The highest BCUT2D eigenvalue weighted by Crippen LogP contribution is 2.15. The van der Waals surface area contributed by atoms with E-state index in [0.717, 1.165) is 43.2 Å². The van der Waals surface area contributed by atoms with Crippen LogP contribution in [0.25, 0.3) is 0 Å². The Balaban J connectivity index is 1.41. The molecule has 0 aromatic heterocycles. The van der Waals surface area contributed by atoms with Crippen molar-refractivity contribution in [3.05, 3.63) is 35.4 Å². The molecular weight excluding hydrogens is 346 g/mol. The minimum atomic E-state index is 0.130. The predicted octanol–water partition coefficient (Wildman–Crippen LogP) is 2.01. The fraction of sp³-hybridized carbons (Fsp3) is 0.650. The molecule has 0 radical (unpaired) electrons. The number of rotatable bonds is 6. The smallest absolute Gasteiger partial charge is 0.221 e. The van der Waals surface area contributed by atoms with Crippen molar-refractivity contribution in [1.29, 1.82) is 0 Å². The van der Waals surface area contributed by atoms with Crippen molar-refractivity contribution in [2.45, 2.75) is 51.6 Å². The molecule has 144 valence electrons. The lowest BCUT2D eigenvalue weighted by Crippen LogP contribution is -2.44. The van der Waals surface area contributed by atoms with Crippen LogP contribution in [-0.4, -0.2) is 60.2 Å². The molecule has 2 heterocycles. The summed E-state index contributed by atoms with van der Waals surface area (Å²) in [6, 6.07) is 8.90. The summed E-state index contributed by atoms with van der Waals surface area (Å²) in [6.07, 6.45) is 1.16. The van der Waals surface area contributed by atoms with Gasteiger partial charge >= 0.3 is 0 Å². The van der Waals surface area contributed by atoms with E-state index in [2.05, 4.69) is 53.6 Å². The Morgan fingerprint density at radius 3 is 2.58 bits per heavy atom. The molecule has 26 heavy (non-hydrogen) atoms. The molecule has 5 nitrogen and oxygen atoms in total. The maximum Gasteiger partial charge on any atom is 0.221 e. The van der Waals surface area contributed by atoms with E-state index < -0.39 is 0 Å². The maximum atomic E-state index is 12.1. The summed E-state index contributed by atoms with van der Waals surface area (Å²) in [5, 5.41) is 6.45. The first-order valence-electron chi connectivity index (χ1n) is 9.62. The normalized spacial score (nSPS) is 27.2. The quantitative estimate of drug-likeness (QED) is 0.794. The second-order valence-electron chi connectivity index (χ2n) is 7.47. The molecule has 6 heteroatoms. The van der Waals surface area contributed by atoms with Crippen LogP contribution < -0.4 is 10.6 Å². The zero-order valence-electron chi connectivity index (χ0n) is 15.9. The van der Waals surface area contributed by atoms with Gasteiger partial charge in [0.25, 0.3) is 0 Å². The number of carbonyl (C=O) groups excluding carboxylic acids is 1. The number of nitrogens with zero attached hydrogens (tertiary/aromatic N) is 1. The number of nitrogens with one attached hydrogen (secondary N) is 2. The van der Waals surface area contributed by atoms with Gasteiger partial charge in [0.05, 0.1) is 12.2 Å². The average molecular weight is 378 g/mol. The Kier molecular flexibility index (Phi) is 7.37. The lowest BCUT2D eigenvalue weighted by Gasteiger charge is -2.35. The van der Waals surface area contributed by atoms with E-state index in [1.54, 1.807) is 0 Å². The summed E-state index contributed by atoms with van der Waals surface area (Å²) in [7, 11) is 0. The van der Waals surface area contributed by atoms with E-state index in [9.17, 15) is 4.79 Å². The molecule has 0 bridgehead atoms. The van der Waals surface area contributed by atoms with Crippen LogP contribution >= 0.6 is 11.8 Å². The Morgan fingerprint density at radius 1 is 1.23 bits per heavy atom. The van der Waals surface area contributed by atoms with Crippen molar-refractivity contribution in [1.82, 2.24) is 15.5 Å². The van der Waals surface area contributed by atoms with Crippen LogP contribution in [0.2, 0.25) is 0 Å². The van der Waals surface area contributed by atoms with E-state index in [1.807, 2.05) is 11.8 Å². The molecule has 2 saturated heterocycles. The van der Waals surface area contributed by atoms with Gasteiger partial charge in [-0.2, -0.15) is 11.8 Å². The molecule has 2 N–H and O–H groups in total. The Bertz CT molecular complexity index is 565. The van der Waals surface area contributed by atoms with E-state index >= 15 is 0 Å². The minimum absolute atomic E-state index is 0.130. The number of hydrogen-bond acceptors (Lipinski definition) is 5. The zero-order chi connectivity index (χ0) is 18.4. The molecule has 1 aromatic rings. The molecule has 0 saturated carbocycles. The van der Waals surface area contributed by atoms with Crippen LogP contribution in [-0.2, 0) is 22.6 Å². The third kappa shape index (κ3) is 6.27. The van der Waals surface area contributed by atoms with Gasteiger partial charge in [-0.3, -0.25) is 9.69 Å². The van der Waals surface area contributed by atoms with Gasteiger partial charge in [0.15, 0.2) is 0 Å². The lowest BCUT2D eigenvalue weighted by atomic mass is 10.1. The number of ether oxygens (including phenoxy) is 1. The summed E-state index contributed by atoms with van der Waals surface area (Å²) in [5.41, 5.74) is 2.46. The van der Waals surface area contributed by atoms with Gasteiger partial charge in [-0.05, 0) is 25.0 Å². The van der Waals surface area contributed by atoms with Crippen LogP contribution in [0, 0.1) is 0 Å². The number of amides is 1. The number of morpholine rings is 1. The molecule has 3 rings (SSSR count). The highest BCUT2D eigenvalue weighted by atomic mass is 32.2. The molecule has 0 spiro atoms. The summed E-state index contributed by atoms with van der Waals surface area (Å²) >= 11 is 1.92. The molecule has 2 aliphatic heterocycles. The molecule has 2 fully saturated rings. The number of benzene rings is 1. The molecule has 1 aromatic carbocycles. The second kappa shape index (κ2) is 9.74. The predicted molar refractivity (Wildman–Crippen MR) is 107 cm³/mol. The largest absolute Gasteiger partial charge is 0.373 e. The van der Waals surface area contributed by atoms with Crippen molar-refractivity contribution < 1.29 is 9.53 Å². The highest BCUT2D eigenvalue weighted by Gasteiger charge is 2.22. The number of hydrogen-bond donors (Lipinski definition) is 2. The summed E-state index contributed by atoms with van der Waals surface area (Å²) < 4.78 is 5.79. The molecule has 3 unspecified atom stereocenters. The Labute approximate surface area is 161 Å². The van der Waals surface area contributed by atoms with Crippen molar-refractivity contribution in [3.8, 4) is 0 Å². The van der Waals surface area contributed by atoms with E-state index in [4.69, 9.17) is 4.74 Å². The summed E-state index contributed by atoms with van der Waals surface area (Å²) in [4.78, 5) is 14.5. The van der Waals surface area contributed by atoms with Crippen LogP contribution in [0.1, 0.15) is 31.4 Å². The highest BCUT2D eigenvalue weighted by molar-refractivity contribution is 7.99. The van der Waals surface area contributed by atoms with Gasteiger partial charge in [-0.1, -0.05) is 24.3 Å². The molecule has 2 aliphatic rings. The Hall–Kier alpha value is -1.08. The minimum Gasteiger partial charge on any atom is -0.373 e. The van der Waals surface area contributed by atoms with Gasteiger partial charge in [0.1, 0.15) is 0 Å². The average Bonchev–Trinajstić information content (AvgIpc) is 2.61. The fourth-order valence-corrected chi connectivity index (χ4v) is 4.63. The van der Waals surface area contributed by atoms with Crippen LogP contribution in [0.15, 0.2) is 24.3 Å². The summed E-state index contributed by atoms with van der Waals surface area (Å²) in [5.74, 6) is 2.30. The van der Waals surface area contributed by atoms with E-state index in [-0.39, 0.29) is 5.91 Å². The second-order valence-corrected chi connectivity index (χ2v) is 8.62. The van der Waals surface area contributed by atoms with E-state index in [0.29, 0.717) is 31.2 Å². The van der Waals surface area contributed by atoms with Crippen LogP contribution in [0.4, 0.5) is 0 Å². The van der Waals surface area contributed by atoms with Crippen LogP contribution in [0.3, 0.4) is 0 Å². The molecule has 1 amide bonds. The number of thioether (sulfide) groups is 1. The van der Waals surface area contributed by atoms with Gasteiger partial charge in [0.2, 0.25) is 5.91 Å². The first kappa shape index (κ1) is 19.7. The first-order valence-corrected chi connectivity index (χ1v) is 10.8. The van der Waals surface area contributed by atoms with E-state index in [1.165, 1.54) is 5.56 Å². The summed E-state index contributed by atoms with van der Waals surface area (Å²) in [6.45, 7) is 8.79. The fourth-order valence-electron chi connectivity index (χ4n) is 3.68. The Morgan fingerprint density at radius 2 is 1.92 bits per heavy atom.